The first-order valence-corrected chi connectivity index (χ1v) is 7.37. The van der Waals surface area contributed by atoms with E-state index in [0.29, 0.717) is 0 Å². The van der Waals surface area contributed by atoms with Gasteiger partial charge in [-0.3, -0.25) is 0 Å². The lowest BCUT2D eigenvalue weighted by molar-refractivity contribution is 0.505. The van der Waals surface area contributed by atoms with E-state index in [1.807, 2.05) is 0 Å². The summed E-state index contributed by atoms with van der Waals surface area (Å²) in [5.41, 5.74) is 9.19. The van der Waals surface area contributed by atoms with E-state index in [4.69, 9.17) is 5.73 Å². The van der Waals surface area contributed by atoms with Crippen LogP contribution in [0.2, 0.25) is 0 Å². The molecular formula is C17H29N. The van der Waals surface area contributed by atoms with Crippen LogP contribution < -0.4 is 5.73 Å². The van der Waals surface area contributed by atoms with Crippen LogP contribution in [0, 0.1) is 0 Å². The van der Waals surface area contributed by atoms with Crippen molar-refractivity contribution in [2.24, 2.45) is 5.73 Å². The van der Waals surface area contributed by atoms with Crippen molar-refractivity contribution in [1.29, 1.82) is 0 Å². The molecule has 0 saturated carbocycles. The third kappa shape index (κ3) is 4.13. The van der Waals surface area contributed by atoms with Gasteiger partial charge >= 0.3 is 0 Å². The lowest BCUT2D eigenvalue weighted by atomic mass is 9.81. The van der Waals surface area contributed by atoms with Gasteiger partial charge in [-0.05, 0) is 29.4 Å². The van der Waals surface area contributed by atoms with Gasteiger partial charge in [-0.15, -0.1) is 0 Å². The lowest BCUT2D eigenvalue weighted by Gasteiger charge is -2.24. The van der Waals surface area contributed by atoms with Crippen molar-refractivity contribution in [3.8, 4) is 0 Å². The highest BCUT2D eigenvalue weighted by molar-refractivity contribution is 5.29. The van der Waals surface area contributed by atoms with Gasteiger partial charge in [0.05, 0.1) is 0 Å². The van der Waals surface area contributed by atoms with Crippen molar-refractivity contribution < 1.29 is 0 Å². The number of hydrogen-bond acceptors (Lipinski definition) is 1. The Labute approximate surface area is 113 Å². The van der Waals surface area contributed by atoms with E-state index in [1.165, 1.54) is 30.4 Å². The predicted octanol–water partition coefficient (Wildman–Crippen LogP) is 4.95. The van der Waals surface area contributed by atoms with Crippen LogP contribution in [0.15, 0.2) is 24.3 Å². The maximum atomic E-state index is 6.23. The van der Waals surface area contributed by atoms with Crippen LogP contribution >= 0.6 is 0 Å². The summed E-state index contributed by atoms with van der Waals surface area (Å²) < 4.78 is 0. The summed E-state index contributed by atoms with van der Waals surface area (Å²) in [7, 11) is 0. The zero-order chi connectivity index (χ0) is 13.6. The Hall–Kier alpha value is -0.820. The smallest absolute Gasteiger partial charge is 0.0294 e. The van der Waals surface area contributed by atoms with E-state index in [0.717, 1.165) is 12.8 Å². The zero-order valence-corrected chi connectivity index (χ0v) is 12.5. The Kier molecular flexibility index (Phi) is 5.87. The monoisotopic (exact) mass is 247 g/mol. The molecule has 0 amide bonds. The van der Waals surface area contributed by atoms with E-state index in [1.54, 1.807) is 0 Å². The van der Waals surface area contributed by atoms with E-state index >= 15 is 0 Å². The van der Waals surface area contributed by atoms with Gasteiger partial charge in [-0.25, -0.2) is 0 Å². The first-order valence-electron chi connectivity index (χ1n) is 7.37. The average molecular weight is 247 g/mol. The quantitative estimate of drug-likeness (QED) is 0.677. The molecule has 0 aliphatic carbocycles. The van der Waals surface area contributed by atoms with Crippen molar-refractivity contribution >= 4 is 0 Å². The van der Waals surface area contributed by atoms with Gasteiger partial charge in [0.25, 0.3) is 0 Å². The highest BCUT2D eigenvalue weighted by atomic mass is 14.6. The minimum Gasteiger partial charge on any atom is -0.324 e. The van der Waals surface area contributed by atoms with Crippen LogP contribution in [0.4, 0.5) is 0 Å². The highest BCUT2D eigenvalue weighted by Gasteiger charge is 2.17. The molecule has 1 heteroatoms. The summed E-state index contributed by atoms with van der Waals surface area (Å²) >= 11 is 0. The number of unbranched alkanes of at least 4 members (excludes halogenated alkanes) is 2. The summed E-state index contributed by atoms with van der Waals surface area (Å²) in [6, 6.07) is 9.12. The number of hydrogen-bond donors (Lipinski definition) is 1. The van der Waals surface area contributed by atoms with Gasteiger partial charge in [-0.1, -0.05) is 71.2 Å². The third-order valence-electron chi connectivity index (χ3n) is 4.12. The Morgan fingerprint density at radius 2 is 1.67 bits per heavy atom. The molecule has 0 fully saturated rings. The largest absolute Gasteiger partial charge is 0.324 e. The van der Waals surface area contributed by atoms with Crippen molar-refractivity contribution in [3.63, 3.8) is 0 Å². The van der Waals surface area contributed by atoms with Crippen molar-refractivity contribution in [3.05, 3.63) is 35.4 Å². The summed E-state index contributed by atoms with van der Waals surface area (Å²) in [5, 5.41) is 0. The summed E-state index contributed by atoms with van der Waals surface area (Å²) in [6.45, 7) is 9.06. The molecule has 0 aromatic heterocycles. The SMILES string of the molecule is CCCCCC(N)c1ccc(C(C)(C)CC)cc1. The molecule has 0 bridgehead atoms. The Morgan fingerprint density at radius 3 is 2.17 bits per heavy atom. The van der Waals surface area contributed by atoms with Gasteiger partial charge in [0.15, 0.2) is 0 Å². The fourth-order valence-electron chi connectivity index (χ4n) is 2.17. The van der Waals surface area contributed by atoms with Crippen molar-refractivity contribution in [2.45, 2.75) is 71.3 Å². The molecule has 0 radical (unpaired) electrons. The molecule has 0 saturated heterocycles. The second-order valence-corrected chi connectivity index (χ2v) is 5.96. The van der Waals surface area contributed by atoms with E-state index in [9.17, 15) is 0 Å². The second-order valence-electron chi connectivity index (χ2n) is 5.96. The topological polar surface area (TPSA) is 26.0 Å². The number of benzene rings is 1. The van der Waals surface area contributed by atoms with E-state index in [-0.39, 0.29) is 11.5 Å². The average Bonchev–Trinajstić information content (AvgIpc) is 2.39. The van der Waals surface area contributed by atoms with Gasteiger partial charge in [0.2, 0.25) is 0 Å². The third-order valence-corrected chi connectivity index (χ3v) is 4.12. The van der Waals surface area contributed by atoms with Crippen LogP contribution in [0.25, 0.3) is 0 Å². The standard InChI is InChI=1S/C17H29N/c1-5-7-8-9-16(18)14-10-12-15(13-11-14)17(3,4)6-2/h10-13,16H,5-9,18H2,1-4H3. The lowest BCUT2D eigenvalue weighted by Crippen LogP contribution is -2.16. The molecule has 1 rings (SSSR count). The van der Waals surface area contributed by atoms with Gasteiger partial charge in [0.1, 0.15) is 0 Å². The summed E-state index contributed by atoms with van der Waals surface area (Å²) in [4.78, 5) is 0. The zero-order valence-electron chi connectivity index (χ0n) is 12.5. The van der Waals surface area contributed by atoms with Crippen LogP contribution in [0.3, 0.4) is 0 Å². The fourth-order valence-corrected chi connectivity index (χ4v) is 2.17. The normalized spacial score (nSPS) is 13.6. The van der Waals surface area contributed by atoms with Crippen LogP contribution in [0.5, 0.6) is 0 Å². The molecule has 1 aromatic carbocycles. The predicted molar refractivity (Wildman–Crippen MR) is 80.8 cm³/mol. The molecule has 18 heavy (non-hydrogen) atoms. The Balaban J connectivity index is 2.65. The first-order chi connectivity index (χ1) is 8.51. The minimum absolute atomic E-state index is 0.204. The molecule has 1 unspecified atom stereocenters. The molecule has 1 aromatic rings. The maximum absolute atomic E-state index is 6.23. The molecule has 102 valence electrons. The molecule has 1 nitrogen and oxygen atoms in total. The molecular weight excluding hydrogens is 218 g/mol. The van der Waals surface area contributed by atoms with Crippen molar-refractivity contribution in [2.75, 3.05) is 0 Å². The Bertz CT molecular complexity index is 337. The molecule has 0 spiro atoms. The summed E-state index contributed by atoms with van der Waals surface area (Å²) in [5.74, 6) is 0. The van der Waals surface area contributed by atoms with Gasteiger partial charge in [0, 0.05) is 6.04 Å². The van der Waals surface area contributed by atoms with E-state index in [2.05, 4.69) is 52.0 Å². The van der Waals surface area contributed by atoms with Crippen LogP contribution in [-0.4, -0.2) is 0 Å². The maximum Gasteiger partial charge on any atom is 0.0294 e. The van der Waals surface area contributed by atoms with Gasteiger partial charge < -0.3 is 5.73 Å². The second kappa shape index (κ2) is 6.94. The van der Waals surface area contributed by atoms with Crippen LogP contribution in [-0.2, 0) is 5.41 Å². The molecule has 0 heterocycles. The summed E-state index contributed by atoms with van der Waals surface area (Å²) in [6.07, 6.45) is 6.05. The highest BCUT2D eigenvalue weighted by Crippen LogP contribution is 2.28. The first kappa shape index (κ1) is 15.2. The van der Waals surface area contributed by atoms with Crippen LogP contribution in [0.1, 0.15) is 77.0 Å². The van der Waals surface area contributed by atoms with Crippen molar-refractivity contribution in [1.82, 2.24) is 0 Å². The minimum atomic E-state index is 0.204. The fraction of sp³-hybridized carbons (Fsp3) is 0.647. The molecule has 1 atom stereocenters. The number of nitrogens with two attached hydrogens (primary N) is 1. The number of rotatable bonds is 7. The molecule has 0 aliphatic heterocycles. The molecule has 2 N–H and O–H groups in total. The Morgan fingerprint density at radius 1 is 1.06 bits per heavy atom. The van der Waals surface area contributed by atoms with Gasteiger partial charge in [-0.2, -0.15) is 0 Å². The molecule has 0 aliphatic rings. The van der Waals surface area contributed by atoms with E-state index < -0.39 is 0 Å².